The van der Waals surface area contributed by atoms with Crippen LogP contribution in [0, 0.1) is 0 Å². The highest BCUT2D eigenvalue weighted by Crippen LogP contribution is 2.18. The number of allylic oxidation sites excluding steroid dienone is 3. The summed E-state index contributed by atoms with van der Waals surface area (Å²) in [7, 11) is 1.99. The number of ketones is 1. The van der Waals surface area contributed by atoms with Gasteiger partial charge in [-0.3, -0.25) is 14.5 Å². The fourth-order valence-electron chi connectivity index (χ4n) is 3.47. The SMILES string of the molecule is CC/C=C/C(C(C)=O)=C1/CN(C(=O)/C=C/CN2CCCCC2)CCN1C. The van der Waals surface area contributed by atoms with Crippen LogP contribution in [0.5, 0.6) is 0 Å². The molecule has 26 heavy (non-hydrogen) atoms. The van der Waals surface area contributed by atoms with E-state index >= 15 is 0 Å². The minimum atomic E-state index is 0.0370. The zero-order valence-electron chi connectivity index (χ0n) is 16.5. The van der Waals surface area contributed by atoms with Gasteiger partial charge in [-0.2, -0.15) is 0 Å². The van der Waals surface area contributed by atoms with Crippen LogP contribution >= 0.6 is 0 Å². The molecule has 0 aromatic heterocycles. The van der Waals surface area contributed by atoms with E-state index in [2.05, 4.69) is 9.80 Å². The van der Waals surface area contributed by atoms with Crippen LogP contribution in [0.4, 0.5) is 0 Å². The first-order valence-electron chi connectivity index (χ1n) is 9.82. The Labute approximate surface area is 158 Å². The quantitative estimate of drug-likeness (QED) is 0.684. The molecule has 0 bridgehead atoms. The largest absolute Gasteiger partial charge is 0.374 e. The van der Waals surface area contributed by atoms with Crippen LogP contribution in [-0.4, -0.2) is 72.7 Å². The second-order valence-corrected chi connectivity index (χ2v) is 7.17. The third-order valence-corrected chi connectivity index (χ3v) is 5.10. The number of likely N-dealkylation sites (tertiary alicyclic amines) is 1. The lowest BCUT2D eigenvalue weighted by molar-refractivity contribution is -0.127. The zero-order chi connectivity index (χ0) is 18.9. The molecule has 0 spiro atoms. The topological polar surface area (TPSA) is 43.9 Å². The molecule has 2 fully saturated rings. The molecular weight excluding hydrogens is 326 g/mol. The zero-order valence-corrected chi connectivity index (χ0v) is 16.5. The molecule has 0 N–H and O–H groups in total. The number of carbonyl (C=O) groups excluding carboxylic acids is 2. The Bertz CT molecular complexity index is 586. The molecule has 2 heterocycles. The summed E-state index contributed by atoms with van der Waals surface area (Å²) >= 11 is 0. The predicted octanol–water partition coefficient (Wildman–Crippen LogP) is 2.61. The lowest BCUT2D eigenvalue weighted by Gasteiger charge is -2.36. The smallest absolute Gasteiger partial charge is 0.246 e. The van der Waals surface area contributed by atoms with Crippen molar-refractivity contribution in [2.45, 2.75) is 39.5 Å². The normalized spacial score (nSPS) is 21.7. The summed E-state index contributed by atoms with van der Waals surface area (Å²) in [6.07, 6.45) is 12.3. The number of nitrogens with zero attached hydrogens (tertiary/aromatic N) is 3. The molecule has 144 valence electrons. The van der Waals surface area contributed by atoms with Gasteiger partial charge in [-0.25, -0.2) is 0 Å². The van der Waals surface area contributed by atoms with Crippen molar-refractivity contribution in [2.24, 2.45) is 0 Å². The molecule has 0 atom stereocenters. The standard InChI is InChI=1S/C21H33N3O2/c1-4-5-10-19(18(2)25)20-17-24(16-15-22(20)3)21(26)11-9-14-23-12-7-6-8-13-23/h5,9-11H,4,6-8,12-17H2,1-3H3/b10-5+,11-9+,20-19+. The Kier molecular flexibility index (Phi) is 8.10. The number of likely N-dealkylation sites (N-methyl/N-ethyl adjacent to an activating group) is 1. The van der Waals surface area contributed by atoms with E-state index in [1.807, 2.05) is 37.1 Å². The molecule has 0 aromatic carbocycles. The number of hydrogen-bond donors (Lipinski definition) is 0. The number of carbonyl (C=O) groups is 2. The minimum Gasteiger partial charge on any atom is -0.374 e. The van der Waals surface area contributed by atoms with Crippen molar-refractivity contribution in [3.05, 3.63) is 35.6 Å². The van der Waals surface area contributed by atoms with Crippen molar-refractivity contribution in [3.63, 3.8) is 0 Å². The second-order valence-electron chi connectivity index (χ2n) is 7.17. The number of rotatable bonds is 6. The van der Waals surface area contributed by atoms with Gasteiger partial charge < -0.3 is 9.80 Å². The highest BCUT2D eigenvalue weighted by Gasteiger charge is 2.24. The monoisotopic (exact) mass is 359 g/mol. The van der Waals surface area contributed by atoms with Gasteiger partial charge in [0, 0.05) is 44.0 Å². The number of Topliss-reactive ketones (excluding diaryl/α,β-unsaturated/α-hetero) is 1. The molecule has 2 aliphatic heterocycles. The summed E-state index contributed by atoms with van der Waals surface area (Å²) in [6.45, 7) is 8.68. The van der Waals surface area contributed by atoms with Crippen molar-refractivity contribution < 1.29 is 9.59 Å². The lowest BCUT2D eigenvalue weighted by atomic mass is 10.1. The van der Waals surface area contributed by atoms with Crippen LogP contribution in [0.15, 0.2) is 35.6 Å². The molecule has 0 radical (unpaired) electrons. The van der Waals surface area contributed by atoms with Crippen LogP contribution in [0.3, 0.4) is 0 Å². The Balaban J connectivity index is 2.02. The Morgan fingerprint density at radius 2 is 1.73 bits per heavy atom. The van der Waals surface area contributed by atoms with E-state index in [9.17, 15) is 9.59 Å². The Morgan fingerprint density at radius 3 is 2.38 bits per heavy atom. The van der Waals surface area contributed by atoms with Crippen LogP contribution in [0.25, 0.3) is 0 Å². The maximum Gasteiger partial charge on any atom is 0.246 e. The summed E-state index contributed by atoms with van der Waals surface area (Å²) < 4.78 is 0. The van der Waals surface area contributed by atoms with Crippen molar-refractivity contribution in [3.8, 4) is 0 Å². The van der Waals surface area contributed by atoms with Gasteiger partial charge in [0.05, 0.1) is 6.54 Å². The van der Waals surface area contributed by atoms with Crippen molar-refractivity contribution >= 4 is 11.7 Å². The summed E-state index contributed by atoms with van der Waals surface area (Å²) in [5.41, 5.74) is 1.65. The lowest BCUT2D eigenvalue weighted by Crippen LogP contribution is -2.46. The molecular formula is C21H33N3O2. The summed E-state index contributed by atoms with van der Waals surface area (Å²) in [5, 5.41) is 0. The first-order valence-corrected chi connectivity index (χ1v) is 9.82. The van der Waals surface area contributed by atoms with Gasteiger partial charge in [-0.05, 0) is 39.3 Å². The third-order valence-electron chi connectivity index (χ3n) is 5.10. The van der Waals surface area contributed by atoms with Gasteiger partial charge in [0.1, 0.15) is 0 Å². The highest BCUT2D eigenvalue weighted by molar-refractivity contribution is 5.97. The van der Waals surface area contributed by atoms with Gasteiger partial charge >= 0.3 is 0 Å². The molecule has 2 rings (SSSR count). The average Bonchev–Trinajstić information content (AvgIpc) is 2.64. The molecule has 5 nitrogen and oxygen atoms in total. The van der Waals surface area contributed by atoms with Gasteiger partial charge in [-0.15, -0.1) is 0 Å². The van der Waals surface area contributed by atoms with E-state index in [0.29, 0.717) is 18.7 Å². The van der Waals surface area contributed by atoms with E-state index < -0.39 is 0 Å². The molecule has 2 saturated heterocycles. The fraction of sp³-hybridized carbons (Fsp3) is 0.619. The van der Waals surface area contributed by atoms with Gasteiger partial charge in [0.2, 0.25) is 5.91 Å². The van der Waals surface area contributed by atoms with E-state index in [-0.39, 0.29) is 11.7 Å². The van der Waals surface area contributed by atoms with Gasteiger partial charge in [-0.1, -0.05) is 31.6 Å². The predicted molar refractivity (Wildman–Crippen MR) is 106 cm³/mol. The maximum atomic E-state index is 12.6. The first-order chi connectivity index (χ1) is 12.5. The minimum absolute atomic E-state index is 0.0370. The molecule has 2 aliphatic rings. The van der Waals surface area contributed by atoms with Crippen LogP contribution in [0.1, 0.15) is 39.5 Å². The van der Waals surface area contributed by atoms with Gasteiger partial charge in [0.25, 0.3) is 0 Å². The maximum absolute atomic E-state index is 12.6. The first kappa shape index (κ1) is 20.4. The molecule has 0 aromatic rings. The van der Waals surface area contributed by atoms with Crippen LogP contribution in [-0.2, 0) is 9.59 Å². The fourth-order valence-corrected chi connectivity index (χ4v) is 3.47. The number of piperidine rings is 1. The van der Waals surface area contributed by atoms with E-state index in [1.54, 1.807) is 13.0 Å². The third kappa shape index (κ3) is 5.84. The van der Waals surface area contributed by atoms with Crippen molar-refractivity contribution in [2.75, 3.05) is 46.3 Å². The van der Waals surface area contributed by atoms with Crippen molar-refractivity contribution in [1.29, 1.82) is 0 Å². The van der Waals surface area contributed by atoms with Gasteiger partial charge in [0.15, 0.2) is 5.78 Å². The van der Waals surface area contributed by atoms with E-state index in [4.69, 9.17) is 0 Å². The molecule has 0 unspecified atom stereocenters. The number of amides is 1. The number of piperazine rings is 1. The average molecular weight is 360 g/mol. The summed E-state index contributed by atoms with van der Waals surface area (Å²) in [4.78, 5) is 31.0. The molecule has 0 aliphatic carbocycles. The molecule has 1 amide bonds. The number of hydrogen-bond acceptors (Lipinski definition) is 4. The van der Waals surface area contributed by atoms with Crippen LogP contribution < -0.4 is 0 Å². The Morgan fingerprint density at radius 1 is 1.00 bits per heavy atom. The van der Waals surface area contributed by atoms with E-state index in [1.165, 1.54) is 19.3 Å². The second kappa shape index (κ2) is 10.3. The molecule has 5 heteroatoms. The summed E-state index contributed by atoms with van der Waals surface area (Å²) in [6, 6.07) is 0. The Hall–Kier alpha value is -1.88. The van der Waals surface area contributed by atoms with Crippen molar-refractivity contribution in [1.82, 2.24) is 14.7 Å². The summed E-state index contributed by atoms with van der Waals surface area (Å²) in [5.74, 6) is 0.0847. The van der Waals surface area contributed by atoms with E-state index in [0.717, 1.165) is 38.3 Å². The molecule has 0 saturated carbocycles. The van der Waals surface area contributed by atoms with Crippen LogP contribution in [0.2, 0.25) is 0 Å². The highest BCUT2D eigenvalue weighted by atomic mass is 16.2.